The summed E-state index contributed by atoms with van der Waals surface area (Å²) in [6.45, 7) is 4.63. The van der Waals surface area contributed by atoms with E-state index >= 15 is 0 Å². The summed E-state index contributed by atoms with van der Waals surface area (Å²) in [5.74, 6) is 0.652. The maximum absolute atomic E-state index is 11.9. The first-order valence-corrected chi connectivity index (χ1v) is 6.45. The number of hydrogen-bond acceptors (Lipinski definition) is 4. The summed E-state index contributed by atoms with van der Waals surface area (Å²) >= 11 is 0. The van der Waals surface area contributed by atoms with Crippen LogP contribution in [0.1, 0.15) is 30.2 Å². The SMILES string of the molecule is CC(C)(CO)CNC(=O)c1ccc(Cn2cccn2)o1. The van der Waals surface area contributed by atoms with E-state index in [-0.39, 0.29) is 23.7 Å². The van der Waals surface area contributed by atoms with E-state index in [4.69, 9.17) is 9.52 Å². The van der Waals surface area contributed by atoms with Crippen LogP contribution in [0.2, 0.25) is 0 Å². The number of nitrogens with zero attached hydrogens (tertiary/aromatic N) is 2. The maximum atomic E-state index is 11.9. The van der Waals surface area contributed by atoms with Gasteiger partial charge in [0, 0.05) is 31.0 Å². The minimum Gasteiger partial charge on any atom is -0.454 e. The summed E-state index contributed by atoms with van der Waals surface area (Å²) in [5.41, 5.74) is -0.347. The largest absolute Gasteiger partial charge is 0.454 e. The molecule has 6 heteroatoms. The molecule has 1 amide bonds. The number of amides is 1. The van der Waals surface area contributed by atoms with Crippen LogP contribution in [0.4, 0.5) is 0 Å². The van der Waals surface area contributed by atoms with E-state index in [9.17, 15) is 4.79 Å². The highest BCUT2D eigenvalue weighted by Gasteiger charge is 2.19. The quantitative estimate of drug-likeness (QED) is 0.833. The zero-order valence-corrected chi connectivity index (χ0v) is 11.7. The number of aromatic nitrogens is 2. The Labute approximate surface area is 117 Å². The lowest BCUT2D eigenvalue weighted by Crippen LogP contribution is -2.35. The second kappa shape index (κ2) is 5.92. The number of nitrogens with one attached hydrogen (secondary N) is 1. The molecular weight excluding hydrogens is 258 g/mol. The molecule has 0 aliphatic heterocycles. The fraction of sp³-hybridized carbons (Fsp3) is 0.429. The molecule has 2 heterocycles. The van der Waals surface area contributed by atoms with Gasteiger partial charge in [0.05, 0.1) is 6.54 Å². The molecule has 20 heavy (non-hydrogen) atoms. The van der Waals surface area contributed by atoms with Crippen molar-refractivity contribution < 1.29 is 14.3 Å². The van der Waals surface area contributed by atoms with Crippen molar-refractivity contribution >= 4 is 5.91 Å². The summed E-state index contributed by atoms with van der Waals surface area (Å²) in [7, 11) is 0. The summed E-state index contributed by atoms with van der Waals surface area (Å²) in [6, 6.07) is 5.22. The van der Waals surface area contributed by atoms with Gasteiger partial charge >= 0.3 is 0 Å². The highest BCUT2D eigenvalue weighted by molar-refractivity contribution is 5.91. The number of carbonyl (C=O) groups excluding carboxylic acids is 1. The van der Waals surface area contributed by atoms with E-state index in [0.717, 1.165) is 0 Å². The normalized spacial score (nSPS) is 11.6. The molecule has 0 aliphatic rings. The van der Waals surface area contributed by atoms with Crippen molar-refractivity contribution in [3.05, 3.63) is 42.1 Å². The third-order valence-corrected chi connectivity index (χ3v) is 2.92. The molecule has 0 saturated heterocycles. The van der Waals surface area contributed by atoms with Crippen LogP contribution < -0.4 is 5.32 Å². The standard InChI is InChI=1S/C14H19N3O3/c1-14(2,10-18)9-15-13(19)12-5-4-11(20-12)8-17-7-3-6-16-17/h3-7,18H,8-10H2,1-2H3,(H,15,19). The highest BCUT2D eigenvalue weighted by atomic mass is 16.4. The lowest BCUT2D eigenvalue weighted by molar-refractivity contribution is 0.0882. The Bertz CT molecular complexity index is 558. The fourth-order valence-corrected chi connectivity index (χ4v) is 1.60. The van der Waals surface area contributed by atoms with Gasteiger partial charge < -0.3 is 14.8 Å². The van der Waals surface area contributed by atoms with E-state index in [1.54, 1.807) is 23.0 Å². The predicted molar refractivity (Wildman–Crippen MR) is 73.2 cm³/mol. The molecule has 0 fully saturated rings. The van der Waals surface area contributed by atoms with Crippen LogP contribution in [-0.4, -0.2) is 33.9 Å². The second-order valence-electron chi connectivity index (χ2n) is 5.47. The topological polar surface area (TPSA) is 80.3 Å². The molecule has 0 unspecified atom stereocenters. The molecule has 2 aromatic rings. The molecule has 108 valence electrons. The van der Waals surface area contributed by atoms with Crippen LogP contribution in [0.3, 0.4) is 0 Å². The number of rotatable bonds is 6. The molecule has 0 aromatic carbocycles. The van der Waals surface area contributed by atoms with Crippen LogP contribution in [0.15, 0.2) is 35.0 Å². The van der Waals surface area contributed by atoms with Gasteiger partial charge in [-0.3, -0.25) is 9.48 Å². The molecular formula is C14H19N3O3. The van der Waals surface area contributed by atoms with E-state index in [1.165, 1.54) is 0 Å². The van der Waals surface area contributed by atoms with Crippen molar-refractivity contribution in [3.8, 4) is 0 Å². The average Bonchev–Trinajstić information content (AvgIpc) is 3.08. The van der Waals surface area contributed by atoms with Crippen molar-refractivity contribution in [3.63, 3.8) is 0 Å². The van der Waals surface area contributed by atoms with E-state index in [1.807, 2.05) is 26.1 Å². The minimum absolute atomic E-state index is 0.00990. The molecule has 2 rings (SSSR count). The molecule has 2 aromatic heterocycles. The van der Waals surface area contributed by atoms with Crippen LogP contribution in [-0.2, 0) is 6.54 Å². The number of carbonyl (C=O) groups is 1. The van der Waals surface area contributed by atoms with Crippen molar-refractivity contribution in [1.29, 1.82) is 0 Å². The first-order valence-electron chi connectivity index (χ1n) is 6.45. The Morgan fingerprint density at radius 2 is 2.30 bits per heavy atom. The fourth-order valence-electron chi connectivity index (χ4n) is 1.60. The zero-order chi connectivity index (χ0) is 14.6. The lowest BCUT2D eigenvalue weighted by atomic mass is 9.95. The third kappa shape index (κ3) is 3.71. The molecule has 0 spiro atoms. The first kappa shape index (κ1) is 14.3. The number of aliphatic hydroxyl groups is 1. The molecule has 0 saturated carbocycles. The van der Waals surface area contributed by atoms with E-state index < -0.39 is 0 Å². The highest BCUT2D eigenvalue weighted by Crippen LogP contribution is 2.13. The number of hydrogen-bond donors (Lipinski definition) is 2. The van der Waals surface area contributed by atoms with Crippen LogP contribution in [0, 0.1) is 5.41 Å². The molecule has 0 atom stereocenters. The number of furan rings is 1. The van der Waals surface area contributed by atoms with Crippen molar-refractivity contribution in [2.75, 3.05) is 13.2 Å². The Morgan fingerprint density at radius 1 is 1.50 bits per heavy atom. The van der Waals surface area contributed by atoms with Gasteiger partial charge in [-0.1, -0.05) is 13.8 Å². The van der Waals surface area contributed by atoms with Crippen molar-refractivity contribution in [2.45, 2.75) is 20.4 Å². The Kier molecular flexibility index (Phi) is 4.24. The molecule has 0 radical (unpaired) electrons. The van der Waals surface area contributed by atoms with Crippen molar-refractivity contribution in [2.24, 2.45) is 5.41 Å². The Morgan fingerprint density at radius 3 is 2.95 bits per heavy atom. The smallest absolute Gasteiger partial charge is 0.287 e. The predicted octanol–water partition coefficient (Wildman–Crippen LogP) is 1.27. The molecule has 0 bridgehead atoms. The maximum Gasteiger partial charge on any atom is 0.287 e. The van der Waals surface area contributed by atoms with Gasteiger partial charge in [0.15, 0.2) is 5.76 Å². The van der Waals surface area contributed by atoms with Gasteiger partial charge in [-0.25, -0.2) is 0 Å². The Hall–Kier alpha value is -2.08. The lowest BCUT2D eigenvalue weighted by Gasteiger charge is -2.21. The summed E-state index contributed by atoms with van der Waals surface area (Å²) in [6.07, 6.45) is 3.51. The van der Waals surface area contributed by atoms with Crippen LogP contribution >= 0.6 is 0 Å². The zero-order valence-electron chi connectivity index (χ0n) is 11.7. The summed E-state index contributed by atoms with van der Waals surface area (Å²) in [4.78, 5) is 11.9. The van der Waals surface area contributed by atoms with Gasteiger partial charge in [-0.05, 0) is 18.2 Å². The average molecular weight is 277 g/mol. The minimum atomic E-state index is -0.347. The van der Waals surface area contributed by atoms with Gasteiger partial charge in [0.1, 0.15) is 5.76 Å². The monoisotopic (exact) mass is 277 g/mol. The van der Waals surface area contributed by atoms with Gasteiger partial charge in [0.25, 0.3) is 5.91 Å². The Balaban J connectivity index is 1.93. The molecule has 6 nitrogen and oxygen atoms in total. The summed E-state index contributed by atoms with van der Waals surface area (Å²) < 4.78 is 7.20. The molecule has 0 aliphatic carbocycles. The van der Waals surface area contributed by atoms with Crippen LogP contribution in [0.5, 0.6) is 0 Å². The van der Waals surface area contributed by atoms with Crippen molar-refractivity contribution in [1.82, 2.24) is 15.1 Å². The van der Waals surface area contributed by atoms with Gasteiger partial charge in [-0.15, -0.1) is 0 Å². The first-order chi connectivity index (χ1) is 9.50. The van der Waals surface area contributed by atoms with Gasteiger partial charge in [-0.2, -0.15) is 5.10 Å². The van der Waals surface area contributed by atoms with E-state index in [2.05, 4.69) is 10.4 Å². The number of aliphatic hydroxyl groups excluding tert-OH is 1. The van der Waals surface area contributed by atoms with Crippen LogP contribution in [0.25, 0.3) is 0 Å². The third-order valence-electron chi connectivity index (χ3n) is 2.92. The summed E-state index contributed by atoms with van der Waals surface area (Å²) in [5, 5.41) is 16.0. The second-order valence-corrected chi connectivity index (χ2v) is 5.47. The van der Waals surface area contributed by atoms with Gasteiger partial charge in [0.2, 0.25) is 0 Å². The molecule has 2 N–H and O–H groups in total. The van der Waals surface area contributed by atoms with E-state index in [0.29, 0.717) is 18.8 Å².